The Morgan fingerprint density at radius 3 is 2.94 bits per heavy atom. The summed E-state index contributed by atoms with van der Waals surface area (Å²) in [5.41, 5.74) is 0.428. The standard InChI is InChI=1S/C11H9BrFN3/c12-7-3-4-9(13)8(5-7)11-14-10(15-16-11)6-1-2-6/h3-6H,1-2H2,(H,14,15,16). The number of rotatable bonds is 2. The van der Waals surface area contributed by atoms with Crippen LogP contribution in [0.3, 0.4) is 0 Å². The molecule has 82 valence electrons. The predicted octanol–water partition coefficient (Wildman–Crippen LogP) is 3.25. The highest BCUT2D eigenvalue weighted by molar-refractivity contribution is 9.10. The molecule has 1 N–H and O–H groups in total. The SMILES string of the molecule is Fc1ccc(Br)cc1-c1n[nH]c(C2CC2)n1. The van der Waals surface area contributed by atoms with Crippen LogP contribution >= 0.6 is 15.9 Å². The van der Waals surface area contributed by atoms with Crippen molar-refractivity contribution in [3.63, 3.8) is 0 Å². The van der Waals surface area contributed by atoms with Crippen molar-refractivity contribution in [2.45, 2.75) is 18.8 Å². The molecule has 1 heterocycles. The Hall–Kier alpha value is -1.23. The Bertz CT molecular complexity index is 534. The van der Waals surface area contributed by atoms with Gasteiger partial charge in [0.05, 0.1) is 5.56 Å². The predicted molar refractivity (Wildman–Crippen MR) is 61.5 cm³/mol. The van der Waals surface area contributed by atoms with E-state index in [1.165, 1.54) is 6.07 Å². The maximum absolute atomic E-state index is 13.6. The molecule has 0 radical (unpaired) electrons. The van der Waals surface area contributed by atoms with Crippen LogP contribution in [0.2, 0.25) is 0 Å². The van der Waals surface area contributed by atoms with Crippen LogP contribution in [0, 0.1) is 5.82 Å². The molecule has 5 heteroatoms. The van der Waals surface area contributed by atoms with Crippen molar-refractivity contribution < 1.29 is 4.39 Å². The summed E-state index contributed by atoms with van der Waals surface area (Å²) in [5.74, 6) is 1.50. The molecule has 0 bridgehead atoms. The van der Waals surface area contributed by atoms with Crippen molar-refractivity contribution in [3.05, 3.63) is 34.3 Å². The van der Waals surface area contributed by atoms with Crippen LogP contribution in [0.1, 0.15) is 24.6 Å². The Balaban J connectivity index is 2.03. The van der Waals surface area contributed by atoms with Crippen molar-refractivity contribution in [3.8, 4) is 11.4 Å². The van der Waals surface area contributed by atoms with E-state index in [4.69, 9.17) is 0 Å². The zero-order valence-electron chi connectivity index (χ0n) is 8.37. The number of benzene rings is 1. The van der Waals surface area contributed by atoms with Gasteiger partial charge in [-0.25, -0.2) is 9.37 Å². The number of nitrogens with zero attached hydrogens (tertiary/aromatic N) is 2. The first-order valence-electron chi connectivity index (χ1n) is 5.12. The quantitative estimate of drug-likeness (QED) is 0.918. The molecule has 1 aliphatic rings. The third-order valence-electron chi connectivity index (χ3n) is 2.64. The Labute approximate surface area is 100 Å². The summed E-state index contributed by atoms with van der Waals surface area (Å²) >= 11 is 3.31. The topological polar surface area (TPSA) is 41.6 Å². The van der Waals surface area contributed by atoms with E-state index in [9.17, 15) is 4.39 Å². The Morgan fingerprint density at radius 1 is 1.38 bits per heavy atom. The van der Waals surface area contributed by atoms with E-state index in [1.807, 2.05) is 0 Å². The highest BCUT2D eigenvalue weighted by Gasteiger charge is 2.27. The largest absolute Gasteiger partial charge is 0.262 e. The smallest absolute Gasteiger partial charge is 0.184 e. The van der Waals surface area contributed by atoms with Gasteiger partial charge in [0, 0.05) is 10.4 Å². The van der Waals surface area contributed by atoms with E-state index in [0.29, 0.717) is 17.3 Å². The molecular formula is C11H9BrFN3. The van der Waals surface area contributed by atoms with Gasteiger partial charge in [-0.15, -0.1) is 0 Å². The zero-order chi connectivity index (χ0) is 11.1. The van der Waals surface area contributed by atoms with Gasteiger partial charge in [0.1, 0.15) is 11.6 Å². The molecule has 1 aromatic carbocycles. The molecule has 0 atom stereocenters. The lowest BCUT2D eigenvalue weighted by atomic mass is 10.2. The van der Waals surface area contributed by atoms with E-state index in [2.05, 4.69) is 31.1 Å². The molecule has 1 fully saturated rings. The summed E-state index contributed by atoms with van der Waals surface area (Å²) in [5, 5.41) is 6.92. The summed E-state index contributed by atoms with van der Waals surface area (Å²) in [7, 11) is 0. The summed E-state index contributed by atoms with van der Waals surface area (Å²) in [6.07, 6.45) is 2.30. The number of halogens is 2. The minimum absolute atomic E-state index is 0.301. The van der Waals surface area contributed by atoms with Gasteiger partial charge in [0.25, 0.3) is 0 Å². The van der Waals surface area contributed by atoms with E-state index < -0.39 is 0 Å². The van der Waals surface area contributed by atoms with Gasteiger partial charge < -0.3 is 0 Å². The number of aromatic amines is 1. The minimum atomic E-state index is -0.301. The number of H-pyrrole nitrogens is 1. The second-order valence-corrected chi connectivity index (χ2v) is 4.86. The molecular weight excluding hydrogens is 273 g/mol. The summed E-state index contributed by atoms with van der Waals surface area (Å²) in [4.78, 5) is 4.32. The maximum Gasteiger partial charge on any atom is 0.184 e. The lowest BCUT2D eigenvalue weighted by molar-refractivity contribution is 0.629. The molecule has 0 spiro atoms. The van der Waals surface area contributed by atoms with Crippen LogP contribution in [-0.4, -0.2) is 15.2 Å². The molecule has 1 aromatic heterocycles. The van der Waals surface area contributed by atoms with Crippen LogP contribution in [-0.2, 0) is 0 Å². The normalized spacial score (nSPS) is 15.4. The Kier molecular flexibility index (Phi) is 2.28. The fourth-order valence-corrected chi connectivity index (χ4v) is 1.96. The number of hydrogen-bond acceptors (Lipinski definition) is 2. The van der Waals surface area contributed by atoms with E-state index in [0.717, 1.165) is 23.1 Å². The molecule has 0 aliphatic heterocycles. The van der Waals surface area contributed by atoms with E-state index >= 15 is 0 Å². The highest BCUT2D eigenvalue weighted by Crippen LogP contribution is 2.38. The van der Waals surface area contributed by atoms with Gasteiger partial charge in [0.2, 0.25) is 0 Å². The van der Waals surface area contributed by atoms with Crippen LogP contribution in [0.5, 0.6) is 0 Å². The average molecular weight is 282 g/mol. The Morgan fingerprint density at radius 2 is 2.19 bits per heavy atom. The second kappa shape index (κ2) is 3.66. The van der Waals surface area contributed by atoms with Crippen molar-refractivity contribution in [2.75, 3.05) is 0 Å². The van der Waals surface area contributed by atoms with Gasteiger partial charge in [-0.1, -0.05) is 15.9 Å². The van der Waals surface area contributed by atoms with Crippen molar-refractivity contribution in [1.82, 2.24) is 15.2 Å². The third kappa shape index (κ3) is 1.75. The van der Waals surface area contributed by atoms with Crippen LogP contribution in [0.25, 0.3) is 11.4 Å². The molecule has 16 heavy (non-hydrogen) atoms. The van der Waals surface area contributed by atoms with Crippen LogP contribution < -0.4 is 0 Å². The fourth-order valence-electron chi connectivity index (χ4n) is 1.60. The maximum atomic E-state index is 13.6. The van der Waals surface area contributed by atoms with Gasteiger partial charge in [-0.3, -0.25) is 5.10 Å². The van der Waals surface area contributed by atoms with E-state index in [1.54, 1.807) is 12.1 Å². The third-order valence-corrected chi connectivity index (χ3v) is 3.13. The first-order valence-corrected chi connectivity index (χ1v) is 5.91. The summed E-state index contributed by atoms with van der Waals surface area (Å²) in [6, 6.07) is 4.76. The molecule has 0 saturated heterocycles. The summed E-state index contributed by atoms with van der Waals surface area (Å²) in [6.45, 7) is 0. The first kappa shape index (κ1) is 9.96. The van der Waals surface area contributed by atoms with Crippen LogP contribution in [0.15, 0.2) is 22.7 Å². The van der Waals surface area contributed by atoms with Crippen molar-refractivity contribution >= 4 is 15.9 Å². The molecule has 0 amide bonds. The molecule has 3 nitrogen and oxygen atoms in total. The fraction of sp³-hybridized carbons (Fsp3) is 0.273. The first-order chi connectivity index (χ1) is 7.74. The molecule has 0 unspecified atom stereocenters. The van der Waals surface area contributed by atoms with Gasteiger partial charge in [-0.05, 0) is 31.0 Å². The number of aromatic nitrogens is 3. The molecule has 3 rings (SSSR count). The molecule has 1 aliphatic carbocycles. The minimum Gasteiger partial charge on any atom is -0.262 e. The monoisotopic (exact) mass is 281 g/mol. The lowest BCUT2D eigenvalue weighted by Gasteiger charge is -1.98. The lowest BCUT2D eigenvalue weighted by Crippen LogP contribution is -1.87. The number of hydrogen-bond donors (Lipinski definition) is 1. The zero-order valence-corrected chi connectivity index (χ0v) is 9.96. The van der Waals surface area contributed by atoms with Gasteiger partial charge in [0.15, 0.2) is 5.82 Å². The summed E-state index contributed by atoms with van der Waals surface area (Å²) < 4.78 is 14.4. The highest BCUT2D eigenvalue weighted by atomic mass is 79.9. The average Bonchev–Trinajstić information content (AvgIpc) is 3.01. The van der Waals surface area contributed by atoms with Gasteiger partial charge >= 0.3 is 0 Å². The molecule has 1 saturated carbocycles. The van der Waals surface area contributed by atoms with Crippen molar-refractivity contribution in [1.29, 1.82) is 0 Å². The number of nitrogens with one attached hydrogen (secondary N) is 1. The van der Waals surface area contributed by atoms with E-state index in [-0.39, 0.29) is 5.82 Å². The molecule has 2 aromatic rings. The van der Waals surface area contributed by atoms with Gasteiger partial charge in [-0.2, -0.15) is 5.10 Å². The second-order valence-electron chi connectivity index (χ2n) is 3.94. The van der Waals surface area contributed by atoms with Crippen LogP contribution in [0.4, 0.5) is 4.39 Å². The van der Waals surface area contributed by atoms with Crippen molar-refractivity contribution in [2.24, 2.45) is 0 Å².